The van der Waals surface area contributed by atoms with Crippen LogP contribution in [0.2, 0.25) is 0 Å². The van der Waals surface area contributed by atoms with E-state index in [4.69, 9.17) is 4.74 Å². The molecule has 1 atom stereocenters. The molecule has 0 fully saturated rings. The van der Waals surface area contributed by atoms with Crippen LogP contribution in [0.5, 0.6) is 5.75 Å². The SMILES string of the molecule is CC1CNc2cc(C(=O)CNCCc3ccc(F)cc3)ccc2O1. The summed E-state index contributed by atoms with van der Waals surface area (Å²) in [5, 5.41) is 6.41. The molecule has 0 radical (unpaired) electrons. The van der Waals surface area contributed by atoms with Crippen molar-refractivity contribution in [3.8, 4) is 5.75 Å². The van der Waals surface area contributed by atoms with E-state index in [0.29, 0.717) is 12.1 Å². The zero-order valence-electron chi connectivity index (χ0n) is 13.6. The highest BCUT2D eigenvalue weighted by Gasteiger charge is 2.17. The number of ether oxygens (including phenoxy) is 1. The standard InChI is InChI=1S/C19H21FN2O2/c1-13-11-22-17-10-15(4-7-19(17)24-13)18(23)12-21-9-8-14-2-5-16(20)6-3-14/h2-7,10,13,21-22H,8-9,11-12H2,1H3. The molecular formula is C19H21FN2O2. The van der Waals surface area contributed by atoms with Crippen molar-refractivity contribution in [3.05, 3.63) is 59.4 Å². The number of hydrogen-bond donors (Lipinski definition) is 2. The zero-order chi connectivity index (χ0) is 16.9. The maximum absolute atomic E-state index is 12.8. The molecule has 1 heterocycles. The monoisotopic (exact) mass is 328 g/mol. The molecule has 3 rings (SSSR count). The zero-order valence-corrected chi connectivity index (χ0v) is 13.6. The Hall–Kier alpha value is -2.40. The van der Waals surface area contributed by atoms with E-state index in [2.05, 4.69) is 10.6 Å². The van der Waals surface area contributed by atoms with E-state index in [1.165, 1.54) is 12.1 Å². The van der Waals surface area contributed by atoms with E-state index >= 15 is 0 Å². The van der Waals surface area contributed by atoms with Gasteiger partial charge in [0.1, 0.15) is 17.7 Å². The molecule has 2 aromatic rings. The van der Waals surface area contributed by atoms with Gasteiger partial charge in [0.05, 0.1) is 18.8 Å². The van der Waals surface area contributed by atoms with Gasteiger partial charge in [0.15, 0.2) is 5.78 Å². The van der Waals surface area contributed by atoms with E-state index in [1.807, 2.05) is 19.1 Å². The number of nitrogens with one attached hydrogen (secondary N) is 2. The molecule has 5 heteroatoms. The molecule has 2 N–H and O–H groups in total. The fourth-order valence-corrected chi connectivity index (χ4v) is 2.64. The lowest BCUT2D eigenvalue weighted by atomic mass is 10.1. The minimum Gasteiger partial charge on any atom is -0.487 e. The molecule has 1 unspecified atom stereocenters. The Morgan fingerprint density at radius 1 is 1.29 bits per heavy atom. The van der Waals surface area contributed by atoms with Crippen LogP contribution in [0.15, 0.2) is 42.5 Å². The lowest BCUT2D eigenvalue weighted by Gasteiger charge is -2.25. The second-order valence-corrected chi connectivity index (χ2v) is 6.00. The van der Waals surface area contributed by atoms with E-state index < -0.39 is 0 Å². The summed E-state index contributed by atoms with van der Waals surface area (Å²) in [4.78, 5) is 12.3. The predicted octanol–water partition coefficient (Wildman–Crippen LogP) is 3.03. The third kappa shape index (κ3) is 4.11. The second-order valence-electron chi connectivity index (χ2n) is 6.00. The molecule has 1 aliphatic rings. The number of ketones is 1. The van der Waals surface area contributed by atoms with Crippen LogP contribution in [-0.2, 0) is 6.42 Å². The number of hydrogen-bond acceptors (Lipinski definition) is 4. The van der Waals surface area contributed by atoms with Crippen LogP contribution in [-0.4, -0.2) is 31.5 Å². The van der Waals surface area contributed by atoms with Crippen molar-refractivity contribution in [2.45, 2.75) is 19.4 Å². The Morgan fingerprint density at radius 3 is 2.88 bits per heavy atom. The Morgan fingerprint density at radius 2 is 2.08 bits per heavy atom. The van der Waals surface area contributed by atoms with Crippen molar-refractivity contribution < 1.29 is 13.9 Å². The summed E-state index contributed by atoms with van der Waals surface area (Å²) in [7, 11) is 0. The number of halogens is 1. The topological polar surface area (TPSA) is 50.4 Å². The van der Waals surface area contributed by atoms with Gasteiger partial charge in [-0.2, -0.15) is 0 Å². The normalized spacial score (nSPS) is 16.0. The van der Waals surface area contributed by atoms with Gasteiger partial charge >= 0.3 is 0 Å². The number of carbonyl (C=O) groups is 1. The van der Waals surface area contributed by atoms with Gasteiger partial charge in [-0.25, -0.2) is 4.39 Å². The molecule has 4 nitrogen and oxygen atoms in total. The van der Waals surface area contributed by atoms with Gasteiger partial charge in [-0.3, -0.25) is 4.79 Å². The van der Waals surface area contributed by atoms with Crippen LogP contribution in [0.1, 0.15) is 22.8 Å². The molecule has 0 spiro atoms. The molecule has 0 amide bonds. The van der Waals surface area contributed by atoms with Gasteiger partial charge in [-0.15, -0.1) is 0 Å². The summed E-state index contributed by atoms with van der Waals surface area (Å²) in [5.41, 5.74) is 2.57. The fourth-order valence-electron chi connectivity index (χ4n) is 2.64. The maximum atomic E-state index is 12.8. The summed E-state index contributed by atoms with van der Waals surface area (Å²) >= 11 is 0. The van der Waals surface area contributed by atoms with Crippen molar-refractivity contribution in [1.29, 1.82) is 0 Å². The van der Waals surface area contributed by atoms with Gasteiger partial charge in [0.2, 0.25) is 0 Å². The molecular weight excluding hydrogens is 307 g/mol. The van der Waals surface area contributed by atoms with Crippen LogP contribution >= 0.6 is 0 Å². The minimum atomic E-state index is -0.235. The Labute approximate surface area is 141 Å². The van der Waals surface area contributed by atoms with Gasteiger partial charge < -0.3 is 15.4 Å². The second kappa shape index (κ2) is 7.45. The van der Waals surface area contributed by atoms with Crippen molar-refractivity contribution >= 4 is 11.5 Å². The van der Waals surface area contributed by atoms with Crippen LogP contribution in [0.25, 0.3) is 0 Å². The number of carbonyl (C=O) groups excluding carboxylic acids is 1. The lowest BCUT2D eigenvalue weighted by Crippen LogP contribution is -2.28. The molecule has 0 bridgehead atoms. The first-order valence-electron chi connectivity index (χ1n) is 8.15. The van der Waals surface area contributed by atoms with Gasteiger partial charge in [0, 0.05) is 5.56 Å². The summed E-state index contributed by atoms with van der Waals surface area (Å²) in [6.07, 6.45) is 0.887. The van der Waals surface area contributed by atoms with E-state index in [0.717, 1.165) is 30.0 Å². The molecule has 2 aromatic carbocycles. The Bertz CT molecular complexity index is 716. The third-order valence-electron chi connectivity index (χ3n) is 4.00. The van der Waals surface area contributed by atoms with Crippen molar-refractivity contribution in [2.75, 3.05) is 25.0 Å². The number of Topliss-reactive ketones (excluding diaryl/α,β-unsaturated/α-hetero) is 1. The molecule has 0 aromatic heterocycles. The summed E-state index contributed by atoms with van der Waals surface area (Å²) < 4.78 is 18.5. The quantitative estimate of drug-likeness (QED) is 0.632. The third-order valence-corrected chi connectivity index (χ3v) is 4.00. The smallest absolute Gasteiger partial charge is 0.176 e. The molecule has 0 saturated carbocycles. The van der Waals surface area contributed by atoms with E-state index in [-0.39, 0.29) is 24.2 Å². The van der Waals surface area contributed by atoms with Crippen LogP contribution in [0.4, 0.5) is 10.1 Å². The molecule has 126 valence electrons. The first-order valence-corrected chi connectivity index (χ1v) is 8.15. The van der Waals surface area contributed by atoms with Crippen molar-refractivity contribution in [3.63, 3.8) is 0 Å². The van der Waals surface area contributed by atoms with Crippen LogP contribution in [0, 0.1) is 5.82 Å². The maximum Gasteiger partial charge on any atom is 0.176 e. The predicted molar refractivity (Wildman–Crippen MR) is 92.3 cm³/mol. The van der Waals surface area contributed by atoms with Crippen LogP contribution in [0.3, 0.4) is 0 Å². The fraction of sp³-hybridized carbons (Fsp3) is 0.316. The first kappa shape index (κ1) is 16.5. The van der Waals surface area contributed by atoms with Gasteiger partial charge in [-0.05, 0) is 55.8 Å². The largest absolute Gasteiger partial charge is 0.487 e. The van der Waals surface area contributed by atoms with Gasteiger partial charge in [0.25, 0.3) is 0 Å². The number of benzene rings is 2. The summed E-state index contributed by atoms with van der Waals surface area (Å²) in [6, 6.07) is 11.9. The summed E-state index contributed by atoms with van der Waals surface area (Å²) in [5.74, 6) is 0.591. The van der Waals surface area contributed by atoms with Crippen molar-refractivity contribution in [1.82, 2.24) is 5.32 Å². The van der Waals surface area contributed by atoms with E-state index in [9.17, 15) is 9.18 Å². The Kier molecular flexibility index (Phi) is 5.11. The average molecular weight is 328 g/mol. The van der Waals surface area contributed by atoms with E-state index in [1.54, 1.807) is 18.2 Å². The molecule has 0 aliphatic carbocycles. The Balaban J connectivity index is 1.49. The average Bonchev–Trinajstić information content (AvgIpc) is 2.59. The lowest BCUT2D eigenvalue weighted by molar-refractivity contribution is 0.0991. The molecule has 24 heavy (non-hydrogen) atoms. The molecule has 0 saturated heterocycles. The minimum absolute atomic E-state index is 0.0392. The highest BCUT2D eigenvalue weighted by molar-refractivity contribution is 5.98. The first-order chi connectivity index (χ1) is 11.6. The number of fused-ring (bicyclic) bond motifs is 1. The van der Waals surface area contributed by atoms with Gasteiger partial charge in [-0.1, -0.05) is 12.1 Å². The highest BCUT2D eigenvalue weighted by Crippen LogP contribution is 2.29. The number of anilines is 1. The molecule has 1 aliphatic heterocycles. The highest BCUT2D eigenvalue weighted by atomic mass is 19.1. The van der Waals surface area contributed by atoms with Crippen molar-refractivity contribution in [2.24, 2.45) is 0 Å². The summed E-state index contributed by atoms with van der Waals surface area (Å²) in [6.45, 7) is 3.68. The number of rotatable bonds is 6. The van der Waals surface area contributed by atoms with Crippen LogP contribution < -0.4 is 15.4 Å².